The van der Waals surface area contributed by atoms with E-state index in [9.17, 15) is 17.6 Å². The molecule has 10 heteroatoms. The molecule has 0 N–H and O–H groups in total. The van der Waals surface area contributed by atoms with E-state index in [0.717, 1.165) is 11.1 Å². The smallest absolute Gasteiger partial charge is 0.185 e. The van der Waals surface area contributed by atoms with Crippen LogP contribution < -0.4 is 0 Å². The van der Waals surface area contributed by atoms with Crippen molar-refractivity contribution in [2.24, 2.45) is 11.8 Å². The third-order valence-corrected chi connectivity index (χ3v) is 7.99. The molecule has 0 unspecified atom stereocenters. The summed E-state index contributed by atoms with van der Waals surface area (Å²) >= 11 is 0. The Morgan fingerprint density at radius 2 is 1.02 bits per heavy atom. The van der Waals surface area contributed by atoms with E-state index in [1.54, 1.807) is 0 Å². The lowest BCUT2D eigenvalue weighted by atomic mass is 10.0. The van der Waals surface area contributed by atoms with E-state index >= 15 is 0 Å². The van der Waals surface area contributed by atoms with Gasteiger partial charge in [0, 0.05) is 12.8 Å². The van der Waals surface area contributed by atoms with Crippen LogP contribution in [0.4, 0.5) is 17.6 Å². The van der Waals surface area contributed by atoms with Crippen molar-refractivity contribution in [3.05, 3.63) is 95.1 Å². The number of halogens is 4. The highest BCUT2D eigenvalue weighted by molar-refractivity contribution is 5.25. The summed E-state index contributed by atoms with van der Waals surface area (Å²) in [4.78, 5) is 7.99. The number of aromatic nitrogens is 6. The molecular formula is C30H30F4N6. The fraction of sp³-hybridized carbons (Fsp3) is 0.467. The molecule has 4 heterocycles. The van der Waals surface area contributed by atoms with Crippen molar-refractivity contribution >= 4 is 0 Å². The molecule has 0 amide bonds. The highest BCUT2D eigenvalue weighted by Gasteiger charge is 2.41. The average Bonchev–Trinajstić information content (AvgIpc) is 3.89. The zero-order chi connectivity index (χ0) is 29.2. The molecule has 0 bridgehead atoms. The largest absolute Gasteiger partial charge is 0.239 e. The zero-order valence-corrected chi connectivity index (χ0v) is 21.7. The molecule has 2 aliphatic carbocycles. The fourth-order valence-electron chi connectivity index (χ4n) is 5.51. The first-order valence-electron chi connectivity index (χ1n) is 14.8. The van der Waals surface area contributed by atoms with Crippen LogP contribution in [0.1, 0.15) is 112 Å². The molecule has 4 aromatic rings. The summed E-state index contributed by atoms with van der Waals surface area (Å²) in [6, 6.07) is 18.4. The number of fused-ring (bicyclic) bond motifs is 2. The van der Waals surface area contributed by atoms with Gasteiger partial charge < -0.3 is 0 Å². The molecule has 2 aromatic carbocycles. The number of nitrogens with zero attached hydrogens (tertiary/aromatic N) is 6. The lowest BCUT2D eigenvalue weighted by Crippen LogP contribution is -2.08. The van der Waals surface area contributed by atoms with Crippen molar-refractivity contribution < 1.29 is 20.3 Å². The number of rotatable bonds is 6. The van der Waals surface area contributed by atoms with Crippen LogP contribution >= 0.6 is 0 Å². The van der Waals surface area contributed by atoms with Crippen molar-refractivity contribution in [3.63, 3.8) is 0 Å². The summed E-state index contributed by atoms with van der Waals surface area (Å²) in [6.07, 6.45) is -3.89. The molecule has 0 saturated heterocycles. The Kier molecular flexibility index (Phi) is 5.86. The SMILES string of the molecule is [2H][C@@](F)(c1nc2n(n1)[C@H](c1ccccc1)C[C@@H]2F)C1CC1.[2H][C@](F)(c1nc2n(n1)[C@H](c1ccccc1)C[C@@H]2F)C1CC1. The number of benzene rings is 2. The van der Waals surface area contributed by atoms with Crippen LogP contribution in [-0.2, 0) is 0 Å². The fourth-order valence-corrected chi connectivity index (χ4v) is 5.51. The van der Waals surface area contributed by atoms with Gasteiger partial charge in [0.25, 0.3) is 0 Å². The van der Waals surface area contributed by atoms with Crippen LogP contribution in [0.5, 0.6) is 0 Å². The molecule has 2 aromatic heterocycles. The third kappa shape index (κ3) is 4.71. The van der Waals surface area contributed by atoms with Crippen molar-refractivity contribution in [1.82, 2.24) is 29.5 Å². The lowest BCUT2D eigenvalue weighted by molar-refractivity contribution is 0.283. The molecule has 8 rings (SSSR count). The Labute approximate surface area is 232 Å². The van der Waals surface area contributed by atoms with Gasteiger partial charge in [-0.3, -0.25) is 0 Å². The maximum Gasteiger partial charge on any atom is 0.185 e. The summed E-state index contributed by atoms with van der Waals surface area (Å²) in [6.45, 7) is 0. The van der Waals surface area contributed by atoms with Gasteiger partial charge in [0.2, 0.25) is 0 Å². The first-order valence-corrected chi connectivity index (χ1v) is 13.8. The predicted molar refractivity (Wildman–Crippen MR) is 139 cm³/mol. The van der Waals surface area contributed by atoms with E-state index in [-0.39, 0.29) is 60.1 Å². The van der Waals surface area contributed by atoms with E-state index in [1.807, 2.05) is 60.7 Å². The molecule has 2 fully saturated rings. The molecule has 6 nitrogen and oxygen atoms in total. The van der Waals surface area contributed by atoms with E-state index in [2.05, 4.69) is 20.2 Å². The quantitative estimate of drug-likeness (QED) is 0.234. The summed E-state index contributed by atoms with van der Waals surface area (Å²) in [7, 11) is 0. The second-order valence-electron chi connectivity index (χ2n) is 11.0. The summed E-state index contributed by atoms with van der Waals surface area (Å²) in [5.74, 6) is -0.795. The third-order valence-electron chi connectivity index (χ3n) is 7.99. The van der Waals surface area contributed by atoms with Gasteiger partial charge in [-0.2, -0.15) is 10.2 Å². The Morgan fingerprint density at radius 3 is 1.38 bits per heavy atom. The molecule has 2 aliphatic heterocycles. The van der Waals surface area contributed by atoms with Crippen LogP contribution in [0.3, 0.4) is 0 Å². The van der Waals surface area contributed by atoms with Crippen LogP contribution in [0.25, 0.3) is 0 Å². The molecule has 208 valence electrons. The van der Waals surface area contributed by atoms with E-state index in [0.29, 0.717) is 25.7 Å². The Hall–Kier alpha value is -3.56. The van der Waals surface area contributed by atoms with Gasteiger partial charge in [-0.05, 0) is 48.6 Å². The molecule has 0 radical (unpaired) electrons. The number of hydrogen-bond acceptors (Lipinski definition) is 4. The van der Waals surface area contributed by atoms with Gasteiger partial charge in [0.15, 0.2) is 47.9 Å². The molecular weight excluding hydrogens is 520 g/mol. The number of hydrogen-bond donors (Lipinski definition) is 0. The Morgan fingerprint density at radius 1 is 0.650 bits per heavy atom. The van der Waals surface area contributed by atoms with E-state index in [4.69, 9.17) is 2.74 Å². The average molecular weight is 553 g/mol. The van der Waals surface area contributed by atoms with Gasteiger partial charge >= 0.3 is 0 Å². The molecule has 6 atom stereocenters. The normalized spacial score (nSPS) is 28.8. The van der Waals surface area contributed by atoms with Crippen LogP contribution in [0, 0.1) is 11.8 Å². The van der Waals surface area contributed by atoms with Crippen LogP contribution in [-0.4, -0.2) is 29.5 Å². The lowest BCUT2D eigenvalue weighted by Gasteiger charge is -2.11. The number of alkyl halides is 4. The zero-order valence-electron chi connectivity index (χ0n) is 23.7. The molecule has 40 heavy (non-hydrogen) atoms. The minimum atomic E-state index is -2.29. The first-order chi connectivity index (χ1) is 20.1. The predicted octanol–water partition coefficient (Wildman–Crippen LogP) is 7.40. The van der Waals surface area contributed by atoms with Crippen molar-refractivity contribution in [2.75, 3.05) is 0 Å². The van der Waals surface area contributed by atoms with Crippen molar-refractivity contribution in [2.45, 2.75) is 75.2 Å². The summed E-state index contributed by atoms with van der Waals surface area (Å²) < 4.78 is 75.7. The topological polar surface area (TPSA) is 61.4 Å². The van der Waals surface area contributed by atoms with E-state index in [1.165, 1.54) is 9.36 Å². The minimum Gasteiger partial charge on any atom is -0.239 e. The molecule has 4 aliphatic rings. The maximum absolute atomic E-state index is 14.4. The van der Waals surface area contributed by atoms with E-state index < -0.39 is 24.6 Å². The standard InChI is InChI=1S/2C15H15F2N3/c2*16-11-8-12(9-4-2-1-3-5-9)20-15(11)18-14(19-20)13(17)10-6-7-10/h2*1-5,10-13H,6-8H2/t11-,12-,13+;11-,12-,13-/m00/s1/i2*13D. The first kappa shape index (κ1) is 23.2. The van der Waals surface area contributed by atoms with Gasteiger partial charge in [0.05, 0.1) is 14.8 Å². The minimum absolute atomic E-state index is 0.147. The van der Waals surface area contributed by atoms with Crippen LogP contribution in [0.2, 0.25) is 0 Å². The Bertz CT molecular complexity index is 1450. The van der Waals surface area contributed by atoms with Crippen LogP contribution in [0.15, 0.2) is 60.7 Å². The highest BCUT2D eigenvalue weighted by Crippen LogP contribution is 2.46. The highest BCUT2D eigenvalue weighted by atomic mass is 19.1. The molecule has 0 spiro atoms. The molecule has 2 saturated carbocycles. The van der Waals surface area contributed by atoms with Crippen molar-refractivity contribution in [3.8, 4) is 0 Å². The maximum atomic E-state index is 14.4. The van der Waals surface area contributed by atoms with Gasteiger partial charge in [-0.25, -0.2) is 36.9 Å². The van der Waals surface area contributed by atoms with Gasteiger partial charge in [-0.15, -0.1) is 0 Å². The summed E-state index contributed by atoms with van der Waals surface area (Å²) in [5, 5.41) is 8.27. The second kappa shape index (κ2) is 10.1. The van der Waals surface area contributed by atoms with Crippen molar-refractivity contribution in [1.29, 1.82) is 0 Å². The Balaban J connectivity index is 0.000000137. The summed E-state index contributed by atoms with van der Waals surface area (Å²) in [5.41, 5.74) is 1.85. The van der Waals surface area contributed by atoms with Gasteiger partial charge in [-0.1, -0.05) is 60.7 Å². The van der Waals surface area contributed by atoms with Gasteiger partial charge in [0.1, 0.15) is 0 Å². The monoisotopic (exact) mass is 552 g/mol. The second-order valence-corrected chi connectivity index (χ2v) is 11.0.